The second-order valence-corrected chi connectivity index (χ2v) is 10.1. The van der Waals surface area contributed by atoms with Crippen molar-refractivity contribution in [3.05, 3.63) is 29.8 Å². The third kappa shape index (κ3) is 7.60. The first kappa shape index (κ1) is 28.3. The van der Waals surface area contributed by atoms with Crippen LogP contribution in [0.4, 0.5) is 4.79 Å². The van der Waals surface area contributed by atoms with Crippen molar-refractivity contribution in [3.63, 3.8) is 0 Å². The van der Waals surface area contributed by atoms with E-state index in [0.29, 0.717) is 12.3 Å². The molecule has 37 heavy (non-hydrogen) atoms. The molecule has 1 aromatic rings. The largest absolute Gasteiger partial charge is 0.497 e. The van der Waals surface area contributed by atoms with Gasteiger partial charge in [-0.2, -0.15) is 0 Å². The van der Waals surface area contributed by atoms with E-state index in [0.717, 1.165) is 37.7 Å². The van der Waals surface area contributed by atoms with Gasteiger partial charge in [-0.15, -0.1) is 0 Å². The summed E-state index contributed by atoms with van der Waals surface area (Å²) in [5, 5.41) is 5.66. The standard InChI is InChI=1S/C27H40N4O6/c1-18(2)28-27(35)30-14-15-31(25(33)20-8-6-5-7-9-20)23(17-30)24(32)29-22(26(34)37-4)16-19-10-12-21(36-3)13-11-19/h10-13,18,20,22-23H,5-9,14-17H2,1-4H3,(H,28,35)(H,29,32)/t22-,23-/m0/s1. The predicted molar refractivity (Wildman–Crippen MR) is 138 cm³/mol. The van der Waals surface area contributed by atoms with Crippen molar-refractivity contribution >= 4 is 23.8 Å². The van der Waals surface area contributed by atoms with Gasteiger partial charge in [0, 0.05) is 31.5 Å². The van der Waals surface area contributed by atoms with Crippen molar-refractivity contribution < 1.29 is 28.7 Å². The number of urea groups is 1. The topological polar surface area (TPSA) is 117 Å². The lowest BCUT2D eigenvalue weighted by atomic mass is 9.87. The molecule has 1 saturated heterocycles. The molecule has 10 nitrogen and oxygen atoms in total. The highest BCUT2D eigenvalue weighted by Gasteiger charge is 2.40. The van der Waals surface area contributed by atoms with Crippen LogP contribution in [0.15, 0.2) is 24.3 Å². The number of hydrogen-bond acceptors (Lipinski definition) is 6. The molecule has 0 aromatic heterocycles. The molecule has 10 heteroatoms. The summed E-state index contributed by atoms with van der Waals surface area (Å²) in [7, 11) is 2.84. The summed E-state index contributed by atoms with van der Waals surface area (Å²) in [6.07, 6.45) is 4.94. The van der Waals surface area contributed by atoms with Gasteiger partial charge in [-0.25, -0.2) is 9.59 Å². The maximum atomic E-state index is 13.6. The Bertz CT molecular complexity index is 945. The average Bonchev–Trinajstić information content (AvgIpc) is 2.91. The summed E-state index contributed by atoms with van der Waals surface area (Å²) in [6, 6.07) is 5.01. The number of esters is 1. The van der Waals surface area contributed by atoms with E-state index in [2.05, 4.69) is 10.6 Å². The van der Waals surface area contributed by atoms with Gasteiger partial charge in [0.1, 0.15) is 17.8 Å². The number of carbonyl (C=O) groups is 4. The fourth-order valence-corrected chi connectivity index (χ4v) is 4.98. The van der Waals surface area contributed by atoms with Gasteiger partial charge in [-0.1, -0.05) is 31.4 Å². The summed E-state index contributed by atoms with van der Waals surface area (Å²) >= 11 is 0. The van der Waals surface area contributed by atoms with E-state index in [1.807, 2.05) is 26.0 Å². The van der Waals surface area contributed by atoms with Crippen LogP contribution in [-0.2, 0) is 25.5 Å². The van der Waals surface area contributed by atoms with Gasteiger partial charge in [-0.3, -0.25) is 9.59 Å². The SMILES string of the molecule is COC(=O)[C@H](Cc1ccc(OC)cc1)NC(=O)[C@@H]1CN(C(=O)NC(C)C)CCN1C(=O)C1CCCCC1. The molecule has 1 saturated carbocycles. The minimum absolute atomic E-state index is 0.0476. The number of benzene rings is 1. The van der Waals surface area contributed by atoms with E-state index in [-0.39, 0.29) is 43.4 Å². The number of amides is 4. The Labute approximate surface area is 219 Å². The molecule has 0 unspecified atom stereocenters. The molecule has 4 amide bonds. The van der Waals surface area contributed by atoms with Crippen molar-refractivity contribution in [1.29, 1.82) is 0 Å². The Morgan fingerprint density at radius 1 is 0.973 bits per heavy atom. The number of piperazine rings is 1. The predicted octanol–water partition coefficient (Wildman–Crippen LogP) is 2.11. The van der Waals surface area contributed by atoms with E-state index in [4.69, 9.17) is 9.47 Å². The highest BCUT2D eigenvalue weighted by Crippen LogP contribution is 2.27. The summed E-state index contributed by atoms with van der Waals surface area (Å²) in [4.78, 5) is 55.6. The lowest BCUT2D eigenvalue weighted by Gasteiger charge is -2.42. The highest BCUT2D eigenvalue weighted by molar-refractivity contribution is 5.92. The molecule has 1 aliphatic heterocycles. The van der Waals surface area contributed by atoms with Gasteiger partial charge >= 0.3 is 12.0 Å². The normalized spacial score (nSPS) is 19.2. The van der Waals surface area contributed by atoms with E-state index in [9.17, 15) is 19.2 Å². The van der Waals surface area contributed by atoms with Crippen LogP contribution in [0.25, 0.3) is 0 Å². The summed E-state index contributed by atoms with van der Waals surface area (Å²) < 4.78 is 10.1. The molecule has 204 valence electrons. The number of rotatable bonds is 8. The van der Waals surface area contributed by atoms with E-state index in [1.165, 1.54) is 7.11 Å². The fraction of sp³-hybridized carbons (Fsp3) is 0.630. The molecular formula is C27H40N4O6. The molecule has 1 aromatic carbocycles. The van der Waals surface area contributed by atoms with Crippen LogP contribution in [0, 0.1) is 5.92 Å². The fourth-order valence-electron chi connectivity index (χ4n) is 4.98. The van der Waals surface area contributed by atoms with Gasteiger partial charge in [0.2, 0.25) is 11.8 Å². The van der Waals surface area contributed by atoms with Gasteiger partial charge in [0.15, 0.2) is 0 Å². The minimum atomic E-state index is -0.947. The van der Waals surface area contributed by atoms with Crippen LogP contribution in [0.2, 0.25) is 0 Å². The third-order valence-electron chi connectivity index (χ3n) is 7.02. The maximum absolute atomic E-state index is 13.6. The second-order valence-electron chi connectivity index (χ2n) is 10.1. The Hall–Kier alpha value is -3.30. The second kappa shape index (κ2) is 13.3. The zero-order valence-corrected chi connectivity index (χ0v) is 22.3. The lowest BCUT2D eigenvalue weighted by molar-refractivity contribution is -0.150. The number of methoxy groups -OCH3 is 2. The lowest BCUT2D eigenvalue weighted by Crippen LogP contribution is -2.64. The van der Waals surface area contributed by atoms with Gasteiger partial charge in [0.25, 0.3) is 0 Å². The van der Waals surface area contributed by atoms with Crippen LogP contribution in [0.5, 0.6) is 5.75 Å². The van der Waals surface area contributed by atoms with Crippen LogP contribution < -0.4 is 15.4 Å². The first-order valence-corrected chi connectivity index (χ1v) is 13.1. The first-order chi connectivity index (χ1) is 17.7. The van der Waals surface area contributed by atoms with E-state index >= 15 is 0 Å². The maximum Gasteiger partial charge on any atom is 0.328 e. The molecule has 0 bridgehead atoms. The van der Waals surface area contributed by atoms with Crippen LogP contribution in [-0.4, -0.2) is 85.6 Å². The molecule has 0 spiro atoms. The number of carbonyl (C=O) groups excluding carboxylic acids is 4. The number of ether oxygens (including phenoxy) is 2. The molecule has 2 aliphatic rings. The molecule has 3 rings (SSSR count). The Balaban J connectivity index is 1.79. The highest BCUT2D eigenvalue weighted by atomic mass is 16.5. The Kier molecular flexibility index (Phi) is 10.2. The molecule has 1 heterocycles. The molecule has 0 radical (unpaired) electrons. The van der Waals surface area contributed by atoms with Crippen LogP contribution >= 0.6 is 0 Å². The van der Waals surface area contributed by atoms with E-state index in [1.54, 1.807) is 29.0 Å². The number of nitrogens with zero attached hydrogens (tertiary/aromatic N) is 2. The van der Waals surface area contributed by atoms with Crippen molar-refractivity contribution in [2.45, 2.75) is 70.5 Å². The Morgan fingerprint density at radius 2 is 1.65 bits per heavy atom. The van der Waals surface area contributed by atoms with Crippen molar-refractivity contribution in [1.82, 2.24) is 20.4 Å². The summed E-state index contributed by atoms with van der Waals surface area (Å²) in [6.45, 7) is 4.39. The van der Waals surface area contributed by atoms with Crippen molar-refractivity contribution in [2.24, 2.45) is 5.92 Å². The van der Waals surface area contributed by atoms with Crippen molar-refractivity contribution in [3.8, 4) is 5.75 Å². The van der Waals surface area contributed by atoms with Crippen molar-refractivity contribution in [2.75, 3.05) is 33.9 Å². The minimum Gasteiger partial charge on any atom is -0.497 e. The molecule has 2 fully saturated rings. The zero-order chi connectivity index (χ0) is 26.9. The molecule has 2 atom stereocenters. The number of hydrogen-bond donors (Lipinski definition) is 2. The van der Waals surface area contributed by atoms with Gasteiger partial charge in [0.05, 0.1) is 20.8 Å². The quantitative estimate of drug-likeness (QED) is 0.511. The summed E-state index contributed by atoms with van der Waals surface area (Å²) in [5.74, 6) is -0.541. The van der Waals surface area contributed by atoms with Gasteiger partial charge in [-0.05, 0) is 44.4 Å². The molecular weight excluding hydrogens is 476 g/mol. The molecule has 1 aliphatic carbocycles. The van der Waals surface area contributed by atoms with Gasteiger partial charge < -0.3 is 29.9 Å². The average molecular weight is 517 g/mol. The Morgan fingerprint density at radius 3 is 2.24 bits per heavy atom. The third-order valence-corrected chi connectivity index (χ3v) is 7.02. The summed E-state index contributed by atoms with van der Waals surface area (Å²) in [5.41, 5.74) is 0.813. The smallest absolute Gasteiger partial charge is 0.328 e. The first-order valence-electron chi connectivity index (χ1n) is 13.1. The monoisotopic (exact) mass is 516 g/mol. The van der Waals surface area contributed by atoms with E-state index < -0.39 is 24.0 Å². The van der Waals surface area contributed by atoms with Crippen LogP contribution in [0.1, 0.15) is 51.5 Å². The molecule has 2 N–H and O–H groups in total. The van der Waals surface area contributed by atoms with Crippen LogP contribution in [0.3, 0.4) is 0 Å². The zero-order valence-electron chi connectivity index (χ0n) is 22.3. The number of nitrogens with one attached hydrogen (secondary N) is 2.